The van der Waals surface area contributed by atoms with Crippen molar-refractivity contribution in [2.24, 2.45) is 22.9 Å². The molecule has 1 aromatic heterocycles. The smallest absolute Gasteiger partial charge is 0.243 e. The van der Waals surface area contributed by atoms with Crippen molar-refractivity contribution in [2.45, 2.75) is 87.7 Å². The Morgan fingerprint density at radius 1 is 0.698 bits per heavy atom. The zero-order chi connectivity index (χ0) is 46.1. The minimum atomic E-state index is -1.41. The van der Waals surface area contributed by atoms with Crippen LogP contribution in [0.1, 0.15) is 43.7 Å². The third-order valence-electron chi connectivity index (χ3n) is 9.89. The molecule has 23 heteroatoms. The average Bonchev–Trinajstić information content (AvgIpc) is 3.65. The number of amides is 8. The molecule has 3 aromatic rings. The third kappa shape index (κ3) is 15.8. The van der Waals surface area contributed by atoms with Gasteiger partial charge >= 0.3 is 0 Å². The van der Waals surface area contributed by atoms with Gasteiger partial charge in [-0.05, 0) is 43.4 Å². The summed E-state index contributed by atoms with van der Waals surface area (Å²) in [5, 5.41) is 26.7. The number of aromatic amines is 1. The maximum Gasteiger partial charge on any atom is 0.243 e. The monoisotopic (exact) mass is 909 g/mol. The Balaban J connectivity index is 1.75. The van der Waals surface area contributed by atoms with Crippen molar-refractivity contribution in [3.63, 3.8) is 0 Å². The van der Waals surface area contributed by atoms with Crippen molar-refractivity contribution in [1.29, 1.82) is 5.41 Å². The summed E-state index contributed by atoms with van der Waals surface area (Å²) in [6.45, 7) is 1.50. The number of nitrogens with two attached hydrogens (primary N) is 4. The van der Waals surface area contributed by atoms with Gasteiger partial charge in [0.05, 0.1) is 6.04 Å². The van der Waals surface area contributed by atoms with E-state index in [-0.39, 0.29) is 62.5 Å². The van der Waals surface area contributed by atoms with Crippen molar-refractivity contribution in [1.82, 2.24) is 42.2 Å². The van der Waals surface area contributed by atoms with Crippen LogP contribution in [0.25, 0.3) is 10.9 Å². The number of rotatable bonds is 12. The van der Waals surface area contributed by atoms with E-state index < -0.39 is 89.6 Å². The van der Waals surface area contributed by atoms with Crippen LogP contribution in [-0.2, 0) is 51.2 Å². The highest BCUT2D eigenvalue weighted by atomic mass is 33.1. The molecule has 63 heavy (non-hydrogen) atoms. The Morgan fingerprint density at radius 2 is 1.27 bits per heavy atom. The Labute approximate surface area is 371 Å². The summed E-state index contributed by atoms with van der Waals surface area (Å²) in [7, 11) is 2.21. The number of fused-ring (bicyclic) bond motifs is 1. The van der Waals surface area contributed by atoms with Gasteiger partial charge in [-0.25, -0.2) is 0 Å². The Hall–Kier alpha value is -6.33. The summed E-state index contributed by atoms with van der Waals surface area (Å²) in [4.78, 5) is 111. The van der Waals surface area contributed by atoms with Crippen LogP contribution in [0.3, 0.4) is 0 Å². The molecule has 0 spiro atoms. The van der Waals surface area contributed by atoms with Gasteiger partial charge in [-0.2, -0.15) is 0 Å². The van der Waals surface area contributed by atoms with Gasteiger partial charge in [0.1, 0.15) is 36.3 Å². The largest absolute Gasteiger partial charge is 0.370 e. The van der Waals surface area contributed by atoms with E-state index in [1.807, 2.05) is 24.3 Å². The van der Waals surface area contributed by atoms with Gasteiger partial charge in [0.25, 0.3) is 0 Å². The summed E-state index contributed by atoms with van der Waals surface area (Å²) in [5.74, 6) is -6.73. The number of benzene rings is 2. The molecular weight excluding hydrogens is 855 g/mol. The van der Waals surface area contributed by atoms with Gasteiger partial charge in [-0.3, -0.25) is 43.8 Å². The summed E-state index contributed by atoms with van der Waals surface area (Å²) in [6.07, 6.45) is 1.12. The quantitative estimate of drug-likeness (QED) is 0.0391. The molecule has 4 rings (SSSR count). The second-order valence-electron chi connectivity index (χ2n) is 14.9. The van der Waals surface area contributed by atoms with Crippen LogP contribution in [0, 0.1) is 5.41 Å². The van der Waals surface area contributed by atoms with Gasteiger partial charge in [0.15, 0.2) is 5.96 Å². The van der Waals surface area contributed by atoms with Crippen LogP contribution >= 0.6 is 21.6 Å². The molecule has 0 aliphatic carbocycles. The first-order valence-electron chi connectivity index (χ1n) is 20.1. The number of aromatic nitrogens is 1. The molecule has 8 amide bonds. The molecule has 0 saturated carbocycles. The van der Waals surface area contributed by atoms with Gasteiger partial charge in [0, 0.05) is 54.4 Å². The molecule has 0 radical (unpaired) electrons. The standard InChI is InChI=1S/C40H55N13O8S2/c1-21-34(56)49-28(13-14-32(42)54)37(59)51-29(16-22-8-3-2-4-9-22)38(60)50-27(12-7-15-46-40(44)45)36(58)52-30(17-23-18-47-26-11-6-5-10-24(23)26)39(61)53-31(33(43)55)20-63-62-19-25(41)35(57)48-21/h2-6,8-11,18,21,25,27-31,47H,7,12-17,19-20,41H2,1H3,(H2,42,54)(H2,43,55)(H,48,57)(H,49,56)(H,50,60)(H,51,59)(H,52,58)(H,53,61)(H4,44,45,46)/t21-,25-,27-,28-,29+,30-,31-/m0/s1. The molecule has 2 heterocycles. The minimum Gasteiger partial charge on any atom is -0.370 e. The Bertz CT molecular complexity index is 2120. The van der Waals surface area contributed by atoms with E-state index in [0.29, 0.717) is 11.1 Å². The fraction of sp³-hybridized carbons (Fsp3) is 0.425. The van der Waals surface area contributed by atoms with Crippen LogP contribution in [0.2, 0.25) is 0 Å². The highest BCUT2D eigenvalue weighted by Crippen LogP contribution is 2.23. The first kappa shape index (κ1) is 49.3. The molecule has 21 nitrogen and oxygen atoms in total. The molecule has 340 valence electrons. The van der Waals surface area contributed by atoms with E-state index in [2.05, 4.69) is 42.2 Å². The van der Waals surface area contributed by atoms with E-state index in [0.717, 1.165) is 32.5 Å². The lowest BCUT2D eigenvalue weighted by Crippen LogP contribution is -2.60. The molecule has 1 saturated heterocycles. The first-order chi connectivity index (χ1) is 30.0. The predicted molar refractivity (Wildman–Crippen MR) is 239 cm³/mol. The van der Waals surface area contributed by atoms with Crippen LogP contribution in [0.5, 0.6) is 0 Å². The van der Waals surface area contributed by atoms with Crippen molar-refractivity contribution < 1.29 is 38.4 Å². The molecule has 1 fully saturated rings. The van der Waals surface area contributed by atoms with E-state index in [1.165, 1.54) is 6.92 Å². The number of carbonyl (C=O) groups is 8. The van der Waals surface area contributed by atoms with Gasteiger partial charge in [-0.1, -0.05) is 70.1 Å². The summed E-state index contributed by atoms with van der Waals surface area (Å²) in [6, 6.07) is 6.95. The lowest BCUT2D eigenvalue weighted by atomic mass is 10.0. The third-order valence-corrected chi connectivity index (χ3v) is 12.3. The molecule has 1 aliphatic rings. The van der Waals surface area contributed by atoms with Gasteiger partial charge < -0.3 is 65.1 Å². The lowest BCUT2D eigenvalue weighted by Gasteiger charge is -2.27. The highest BCUT2D eigenvalue weighted by molar-refractivity contribution is 8.76. The van der Waals surface area contributed by atoms with Gasteiger partial charge in [-0.15, -0.1) is 0 Å². The SMILES string of the molecule is C[C@@H]1NC(=O)[C@@H](N)CSSC[C@@H](C(N)=O)NC(=O)[C@H](Cc2c[nH]c3ccccc23)NC(=O)[C@H](CCCNC(=N)N)NC(=O)[C@@H](Cc2ccccc2)NC(=O)[C@H](CCC(N)=O)NC1=O. The van der Waals surface area contributed by atoms with Crippen LogP contribution in [0.15, 0.2) is 60.8 Å². The van der Waals surface area contributed by atoms with Crippen molar-refractivity contribution in [2.75, 3.05) is 18.1 Å². The summed E-state index contributed by atoms with van der Waals surface area (Å²) in [5.41, 5.74) is 24.7. The zero-order valence-corrected chi connectivity index (χ0v) is 36.2. The minimum absolute atomic E-state index is 0.0142. The summed E-state index contributed by atoms with van der Waals surface area (Å²) < 4.78 is 0. The molecule has 17 N–H and O–H groups in total. The maximum atomic E-state index is 14.4. The number of para-hydroxylation sites is 1. The fourth-order valence-electron chi connectivity index (χ4n) is 6.42. The fourth-order valence-corrected chi connectivity index (χ4v) is 8.72. The second kappa shape index (κ2) is 24.3. The number of carbonyl (C=O) groups excluding carboxylic acids is 8. The Kier molecular flexibility index (Phi) is 19.1. The first-order valence-corrected chi connectivity index (χ1v) is 22.6. The van der Waals surface area contributed by atoms with Crippen molar-refractivity contribution in [3.8, 4) is 0 Å². The van der Waals surface area contributed by atoms with Crippen molar-refractivity contribution >= 4 is 85.7 Å². The zero-order valence-electron chi connectivity index (χ0n) is 34.6. The number of H-pyrrole nitrogens is 1. The van der Waals surface area contributed by atoms with E-state index >= 15 is 0 Å². The average molecular weight is 910 g/mol. The van der Waals surface area contributed by atoms with Crippen LogP contribution in [0.4, 0.5) is 0 Å². The number of guanidine groups is 1. The number of hydrogen-bond donors (Lipinski definition) is 13. The summed E-state index contributed by atoms with van der Waals surface area (Å²) >= 11 is 0. The maximum absolute atomic E-state index is 14.4. The number of nitrogens with one attached hydrogen (secondary N) is 9. The molecule has 7 atom stereocenters. The van der Waals surface area contributed by atoms with E-state index in [9.17, 15) is 38.4 Å². The molecule has 1 aliphatic heterocycles. The molecular formula is C40H55N13O8S2. The van der Waals surface area contributed by atoms with E-state index in [4.69, 9.17) is 28.3 Å². The van der Waals surface area contributed by atoms with Crippen molar-refractivity contribution in [3.05, 3.63) is 71.9 Å². The van der Waals surface area contributed by atoms with Gasteiger partial charge in [0.2, 0.25) is 47.3 Å². The number of primary amides is 2. The number of hydrogen-bond acceptors (Lipinski definition) is 12. The Morgan fingerprint density at radius 3 is 1.94 bits per heavy atom. The van der Waals surface area contributed by atoms with Crippen LogP contribution in [-0.4, -0.2) is 119 Å². The highest BCUT2D eigenvalue weighted by Gasteiger charge is 2.34. The molecule has 0 bridgehead atoms. The normalized spacial score (nSPS) is 23.8. The van der Waals surface area contributed by atoms with Crippen LogP contribution < -0.4 is 60.2 Å². The molecule has 0 unspecified atom stereocenters. The molecule has 2 aromatic carbocycles. The second-order valence-corrected chi connectivity index (χ2v) is 17.4. The topological polar surface area (TPSA) is 364 Å². The lowest BCUT2D eigenvalue weighted by molar-refractivity contribution is -0.135. The predicted octanol–water partition coefficient (Wildman–Crippen LogP) is -2.38. The van der Waals surface area contributed by atoms with E-state index in [1.54, 1.807) is 36.5 Å².